The van der Waals surface area contributed by atoms with Crippen molar-refractivity contribution in [3.63, 3.8) is 0 Å². The normalized spacial score (nSPS) is 11.0. The average Bonchev–Trinajstić information content (AvgIpc) is 2.37. The maximum Gasteiger partial charge on any atom is 0.188 e. The van der Waals surface area contributed by atoms with Gasteiger partial charge < -0.3 is 15.8 Å². The van der Waals surface area contributed by atoms with Crippen molar-refractivity contribution in [1.82, 2.24) is 5.32 Å². The largest absolute Gasteiger partial charge is 0.494 e. The summed E-state index contributed by atoms with van der Waals surface area (Å²) in [6.45, 7) is 6.45. The Kier molecular flexibility index (Phi) is 10.3. The van der Waals surface area contributed by atoms with Crippen LogP contribution >= 0.6 is 24.0 Å². The number of rotatable bonds is 7. The first kappa shape index (κ1) is 18.0. The Morgan fingerprint density at radius 3 is 2.63 bits per heavy atom. The maximum atomic E-state index is 5.71. The predicted octanol–water partition coefficient (Wildman–Crippen LogP) is 2.63. The van der Waals surface area contributed by atoms with Crippen molar-refractivity contribution < 1.29 is 4.74 Å². The molecule has 1 aromatic rings. The molecule has 5 heteroatoms. The van der Waals surface area contributed by atoms with Crippen LogP contribution in [-0.4, -0.2) is 25.7 Å². The highest BCUT2D eigenvalue weighted by molar-refractivity contribution is 14.0. The molecule has 0 unspecified atom stereocenters. The molecule has 3 N–H and O–H groups in total. The van der Waals surface area contributed by atoms with E-state index in [9.17, 15) is 0 Å². The maximum absolute atomic E-state index is 5.71. The molecule has 0 saturated heterocycles. The van der Waals surface area contributed by atoms with Crippen LogP contribution in [0.15, 0.2) is 35.3 Å². The third-order valence-corrected chi connectivity index (χ3v) is 2.27. The van der Waals surface area contributed by atoms with Crippen molar-refractivity contribution in [3.05, 3.63) is 30.3 Å². The zero-order chi connectivity index (χ0) is 13.2. The number of para-hydroxylation sites is 1. The highest BCUT2D eigenvalue weighted by Gasteiger charge is 1.95. The molecule has 1 rings (SSSR count). The molecule has 0 bridgehead atoms. The minimum Gasteiger partial charge on any atom is -0.494 e. The predicted molar refractivity (Wildman–Crippen MR) is 91.3 cm³/mol. The molecule has 0 atom stereocenters. The van der Waals surface area contributed by atoms with Gasteiger partial charge in [-0.15, -0.1) is 24.0 Å². The Morgan fingerprint density at radius 2 is 2.00 bits per heavy atom. The molecule has 0 aliphatic carbocycles. The fraction of sp³-hybridized carbons (Fsp3) is 0.500. The summed E-state index contributed by atoms with van der Waals surface area (Å²) in [5.74, 6) is 1.95. The summed E-state index contributed by atoms with van der Waals surface area (Å²) in [4.78, 5) is 4.22. The lowest BCUT2D eigenvalue weighted by atomic mass is 10.2. The van der Waals surface area contributed by atoms with Crippen LogP contribution in [0.25, 0.3) is 0 Å². The first-order valence-corrected chi connectivity index (χ1v) is 6.40. The summed E-state index contributed by atoms with van der Waals surface area (Å²) in [7, 11) is 0. The number of nitrogens with two attached hydrogens (primary N) is 1. The first-order chi connectivity index (χ1) is 8.68. The second-order valence-corrected chi connectivity index (χ2v) is 4.56. The molecule has 1 aromatic carbocycles. The Labute approximate surface area is 132 Å². The SMILES string of the molecule is CC(C)CN=C(N)NCCCOc1ccccc1.I. The molecule has 0 aromatic heterocycles. The van der Waals surface area contributed by atoms with Gasteiger partial charge in [0.15, 0.2) is 5.96 Å². The minimum absolute atomic E-state index is 0. The second-order valence-electron chi connectivity index (χ2n) is 4.56. The van der Waals surface area contributed by atoms with E-state index in [1.165, 1.54) is 0 Å². The van der Waals surface area contributed by atoms with Gasteiger partial charge in [-0.1, -0.05) is 32.0 Å². The van der Waals surface area contributed by atoms with Crippen molar-refractivity contribution in [1.29, 1.82) is 0 Å². The average molecular weight is 377 g/mol. The molecule has 0 amide bonds. The Bertz CT molecular complexity index is 355. The van der Waals surface area contributed by atoms with Gasteiger partial charge in [0.25, 0.3) is 0 Å². The third-order valence-electron chi connectivity index (χ3n) is 2.27. The summed E-state index contributed by atoms with van der Waals surface area (Å²) < 4.78 is 5.57. The van der Waals surface area contributed by atoms with Gasteiger partial charge in [0.05, 0.1) is 6.61 Å². The number of hydrogen-bond donors (Lipinski definition) is 2. The topological polar surface area (TPSA) is 59.6 Å². The molecular weight excluding hydrogens is 353 g/mol. The van der Waals surface area contributed by atoms with Crippen molar-refractivity contribution >= 4 is 29.9 Å². The molecule has 0 radical (unpaired) electrons. The van der Waals surface area contributed by atoms with Crippen LogP contribution in [0.1, 0.15) is 20.3 Å². The number of hydrogen-bond acceptors (Lipinski definition) is 2. The van der Waals surface area contributed by atoms with Gasteiger partial charge in [0.1, 0.15) is 5.75 Å². The van der Waals surface area contributed by atoms with E-state index >= 15 is 0 Å². The Morgan fingerprint density at radius 1 is 1.32 bits per heavy atom. The van der Waals surface area contributed by atoms with Crippen molar-refractivity contribution in [2.45, 2.75) is 20.3 Å². The zero-order valence-corrected chi connectivity index (χ0v) is 14.0. The van der Waals surface area contributed by atoms with Crippen LogP contribution in [0.3, 0.4) is 0 Å². The van der Waals surface area contributed by atoms with E-state index in [-0.39, 0.29) is 24.0 Å². The van der Waals surface area contributed by atoms with Crippen LogP contribution in [-0.2, 0) is 0 Å². The van der Waals surface area contributed by atoms with Gasteiger partial charge in [0, 0.05) is 13.1 Å². The lowest BCUT2D eigenvalue weighted by Crippen LogP contribution is -2.33. The molecular formula is C14H24IN3O. The van der Waals surface area contributed by atoms with Crippen LogP contribution in [0.5, 0.6) is 5.75 Å². The molecule has 0 spiro atoms. The van der Waals surface area contributed by atoms with Gasteiger partial charge in [-0.05, 0) is 24.5 Å². The highest BCUT2D eigenvalue weighted by atomic mass is 127. The van der Waals surface area contributed by atoms with E-state index in [0.29, 0.717) is 18.5 Å². The van der Waals surface area contributed by atoms with E-state index in [0.717, 1.165) is 25.3 Å². The first-order valence-electron chi connectivity index (χ1n) is 6.40. The summed E-state index contributed by atoms with van der Waals surface area (Å²) >= 11 is 0. The molecule has 0 aliphatic heterocycles. The summed E-state index contributed by atoms with van der Waals surface area (Å²) in [6, 6.07) is 9.80. The van der Waals surface area contributed by atoms with E-state index in [1.54, 1.807) is 0 Å². The summed E-state index contributed by atoms with van der Waals surface area (Å²) in [5, 5.41) is 3.07. The fourth-order valence-corrected chi connectivity index (χ4v) is 1.33. The molecule has 0 aliphatic rings. The number of halogens is 1. The number of nitrogens with one attached hydrogen (secondary N) is 1. The standard InChI is InChI=1S/C14H23N3O.HI/c1-12(2)11-17-14(15)16-9-6-10-18-13-7-4-3-5-8-13;/h3-5,7-8,12H,6,9-11H2,1-2H3,(H3,15,16,17);1H. The van der Waals surface area contributed by atoms with E-state index in [2.05, 4.69) is 24.2 Å². The molecule has 0 fully saturated rings. The van der Waals surface area contributed by atoms with E-state index in [1.807, 2.05) is 30.3 Å². The van der Waals surface area contributed by atoms with Gasteiger partial charge in [-0.3, -0.25) is 4.99 Å². The van der Waals surface area contributed by atoms with Crippen molar-refractivity contribution in [3.8, 4) is 5.75 Å². The number of nitrogens with zero attached hydrogens (tertiary/aromatic N) is 1. The smallest absolute Gasteiger partial charge is 0.188 e. The minimum atomic E-state index is 0. The monoisotopic (exact) mass is 377 g/mol. The van der Waals surface area contributed by atoms with Crippen LogP contribution in [0.2, 0.25) is 0 Å². The number of aliphatic imine (C=N–C) groups is 1. The van der Waals surface area contributed by atoms with Crippen LogP contribution in [0, 0.1) is 5.92 Å². The second kappa shape index (κ2) is 10.9. The Hall–Kier alpha value is -0.980. The van der Waals surface area contributed by atoms with Crippen LogP contribution in [0.4, 0.5) is 0 Å². The van der Waals surface area contributed by atoms with E-state index < -0.39 is 0 Å². The van der Waals surface area contributed by atoms with Gasteiger partial charge in [-0.25, -0.2) is 0 Å². The molecule has 0 heterocycles. The van der Waals surface area contributed by atoms with Crippen LogP contribution < -0.4 is 15.8 Å². The van der Waals surface area contributed by atoms with Crippen molar-refractivity contribution in [2.24, 2.45) is 16.6 Å². The zero-order valence-electron chi connectivity index (χ0n) is 11.6. The molecule has 0 saturated carbocycles. The Balaban J connectivity index is 0.00000324. The number of ether oxygens (including phenoxy) is 1. The van der Waals surface area contributed by atoms with Gasteiger partial charge >= 0.3 is 0 Å². The lowest BCUT2D eigenvalue weighted by Gasteiger charge is -2.08. The van der Waals surface area contributed by atoms with E-state index in [4.69, 9.17) is 10.5 Å². The highest BCUT2D eigenvalue weighted by Crippen LogP contribution is 2.07. The summed E-state index contributed by atoms with van der Waals surface area (Å²) in [5.41, 5.74) is 5.71. The lowest BCUT2D eigenvalue weighted by molar-refractivity contribution is 0.311. The number of benzene rings is 1. The van der Waals surface area contributed by atoms with Crippen molar-refractivity contribution in [2.75, 3.05) is 19.7 Å². The fourth-order valence-electron chi connectivity index (χ4n) is 1.33. The molecule has 4 nitrogen and oxygen atoms in total. The summed E-state index contributed by atoms with van der Waals surface area (Å²) in [6.07, 6.45) is 0.896. The third kappa shape index (κ3) is 9.58. The van der Waals surface area contributed by atoms with Gasteiger partial charge in [-0.2, -0.15) is 0 Å². The quantitative estimate of drug-likeness (QED) is 0.332. The molecule has 19 heavy (non-hydrogen) atoms. The molecule has 108 valence electrons. The number of guanidine groups is 1. The van der Waals surface area contributed by atoms with Gasteiger partial charge in [0.2, 0.25) is 0 Å².